The van der Waals surface area contributed by atoms with Gasteiger partial charge < -0.3 is 15.2 Å². The first-order valence-corrected chi connectivity index (χ1v) is 12.5. The van der Waals surface area contributed by atoms with E-state index in [2.05, 4.69) is 25.6 Å². The lowest BCUT2D eigenvalue weighted by molar-refractivity contribution is -0.137. The Hall–Kier alpha value is -3.24. The molecule has 6 nitrogen and oxygen atoms in total. The number of fused-ring (bicyclic) bond motifs is 1. The van der Waals surface area contributed by atoms with Crippen LogP contribution in [0.3, 0.4) is 0 Å². The molecule has 0 bridgehead atoms. The number of nitrogens with one attached hydrogen (secondary N) is 2. The topological polar surface area (TPSA) is 67.7 Å². The standard InChI is InChI=1S/C26H25ClF4N6/c27-20-13-18(26(29,30)31)5-6-19(20)23-35-22-15-34-25(33-14-17-3-1-2-4-21(17)28)36-24(22)37(23)12-9-16-7-10-32-11-8-16/h1-6,13,15-16,32H,7-12,14H2,(H,33,34,36). The zero-order valence-electron chi connectivity index (χ0n) is 19.8. The second kappa shape index (κ2) is 10.6. The molecule has 0 saturated carbocycles. The van der Waals surface area contributed by atoms with Gasteiger partial charge in [0.15, 0.2) is 5.65 Å². The molecule has 194 valence electrons. The molecule has 0 aliphatic carbocycles. The summed E-state index contributed by atoms with van der Waals surface area (Å²) in [6.45, 7) is 2.68. The van der Waals surface area contributed by atoms with E-state index >= 15 is 0 Å². The second-order valence-electron chi connectivity index (χ2n) is 9.11. The highest BCUT2D eigenvalue weighted by molar-refractivity contribution is 6.33. The molecule has 0 unspecified atom stereocenters. The van der Waals surface area contributed by atoms with Crippen molar-refractivity contribution in [3.8, 4) is 11.4 Å². The van der Waals surface area contributed by atoms with E-state index in [4.69, 9.17) is 11.6 Å². The lowest BCUT2D eigenvalue weighted by Crippen LogP contribution is -2.28. The number of halogens is 5. The Morgan fingerprint density at radius 1 is 1.08 bits per heavy atom. The molecule has 1 aliphatic heterocycles. The number of hydrogen-bond acceptors (Lipinski definition) is 5. The highest BCUT2D eigenvalue weighted by atomic mass is 35.5. The summed E-state index contributed by atoms with van der Waals surface area (Å²) in [6.07, 6.45) is 0.0113. The summed E-state index contributed by atoms with van der Waals surface area (Å²) < 4.78 is 55.5. The largest absolute Gasteiger partial charge is 0.416 e. The van der Waals surface area contributed by atoms with Crippen LogP contribution in [0.1, 0.15) is 30.4 Å². The van der Waals surface area contributed by atoms with Crippen LogP contribution in [0.5, 0.6) is 0 Å². The third-order valence-corrected chi connectivity index (χ3v) is 6.95. The van der Waals surface area contributed by atoms with Crippen molar-refractivity contribution in [3.63, 3.8) is 0 Å². The first-order chi connectivity index (χ1) is 17.8. The second-order valence-corrected chi connectivity index (χ2v) is 9.52. The van der Waals surface area contributed by atoms with Gasteiger partial charge >= 0.3 is 6.18 Å². The van der Waals surface area contributed by atoms with E-state index in [1.54, 1.807) is 24.4 Å². The number of rotatable bonds is 7. The van der Waals surface area contributed by atoms with E-state index in [9.17, 15) is 17.6 Å². The average molecular weight is 533 g/mol. The first kappa shape index (κ1) is 25.4. The van der Waals surface area contributed by atoms with Crippen molar-refractivity contribution >= 4 is 28.7 Å². The summed E-state index contributed by atoms with van der Waals surface area (Å²) in [5.74, 6) is 0.907. The van der Waals surface area contributed by atoms with Gasteiger partial charge in [0.25, 0.3) is 0 Å². The van der Waals surface area contributed by atoms with Crippen LogP contribution >= 0.6 is 11.6 Å². The Kier molecular flexibility index (Phi) is 7.30. The summed E-state index contributed by atoms with van der Waals surface area (Å²) in [4.78, 5) is 13.6. The fraction of sp³-hybridized carbons (Fsp3) is 0.346. The van der Waals surface area contributed by atoms with Crippen LogP contribution in [-0.2, 0) is 19.3 Å². The third-order valence-electron chi connectivity index (χ3n) is 6.64. The number of aryl methyl sites for hydroxylation is 1. The van der Waals surface area contributed by atoms with E-state index in [0.29, 0.717) is 46.5 Å². The van der Waals surface area contributed by atoms with Crippen LogP contribution < -0.4 is 10.6 Å². The molecular formula is C26H25ClF4N6. The first-order valence-electron chi connectivity index (χ1n) is 12.1. The smallest absolute Gasteiger partial charge is 0.350 e. The summed E-state index contributed by atoms with van der Waals surface area (Å²) in [6, 6.07) is 9.70. The predicted octanol–water partition coefficient (Wildman–Crippen LogP) is 6.31. The molecule has 1 saturated heterocycles. The molecule has 3 heterocycles. The molecule has 37 heavy (non-hydrogen) atoms. The van der Waals surface area contributed by atoms with Crippen LogP contribution in [0.2, 0.25) is 5.02 Å². The summed E-state index contributed by atoms with van der Waals surface area (Å²) >= 11 is 6.34. The number of piperidine rings is 1. The minimum absolute atomic E-state index is 0.0425. The maximum atomic E-state index is 14.0. The Morgan fingerprint density at radius 2 is 1.86 bits per heavy atom. The van der Waals surface area contributed by atoms with Crippen LogP contribution in [0.25, 0.3) is 22.6 Å². The molecular weight excluding hydrogens is 508 g/mol. The minimum atomic E-state index is -4.50. The molecule has 2 aromatic carbocycles. The number of aromatic nitrogens is 4. The molecule has 5 rings (SSSR count). The molecule has 0 amide bonds. The molecule has 4 aromatic rings. The number of alkyl halides is 3. The summed E-state index contributed by atoms with van der Waals surface area (Å²) in [5.41, 5.74) is 1.07. The van der Waals surface area contributed by atoms with Gasteiger partial charge in [-0.15, -0.1) is 0 Å². The molecule has 1 fully saturated rings. The number of nitrogens with zero attached hydrogens (tertiary/aromatic N) is 4. The van der Waals surface area contributed by atoms with Crippen LogP contribution in [0.15, 0.2) is 48.7 Å². The van der Waals surface area contributed by atoms with Gasteiger partial charge in [0, 0.05) is 24.2 Å². The highest BCUT2D eigenvalue weighted by Gasteiger charge is 2.31. The fourth-order valence-electron chi connectivity index (χ4n) is 4.59. The number of imidazole rings is 1. The summed E-state index contributed by atoms with van der Waals surface area (Å²) in [5, 5.41) is 6.36. The third kappa shape index (κ3) is 5.70. The van der Waals surface area contributed by atoms with E-state index < -0.39 is 11.7 Å². The Labute approximate surface area is 216 Å². The van der Waals surface area contributed by atoms with Gasteiger partial charge in [0.1, 0.15) is 17.2 Å². The van der Waals surface area contributed by atoms with Crippen molar-refractivity contribution in [1.82, 2.24) is 24.8 Å². The Balaban J connectivity index is 1.50. The van der Waals surface area contributed by atoms with Crippen LogP contribution in [0, 0.1) is 11.7 Å². The maximum Gasteiger partial charge on any atom is 0.416 e. The van der Waals surface area contributed by atoms with Gasteiger partial charge in [-0.1, -0.05) is 29.8 Å². The van der Waals surface area contributed by atoms with E-state index in [1.807, 2.05) is 4.57 Å². The molecule has 0 radical (unpaired) electrons. The fourth-order valence-corrected chi connectivity index (χ4v) is 4.86. The minimum Gasteiger partial charge on any atom is -0.350 e. The van der Waals surface area contributed by atoms with Crippen LogP contribution in [0.4, 0.5) is 23.5 Å². The van der Waals surface area contributed by atoms with Crippen molar-refractivity contribution in [3.05, 3.63) is 70.6 Å². The highest BCUT2D eigenvalue weighted by Crippen LogP contribution is 2.36. The summed E-state index contributed by atoms with van der Waals surface area (Å²) in [7, 11) is 0. The molecule has 2 aromatic heterocycles. The van der Waals surface area contributed by atoms with Gasteiger partial charge in [-0.2, -0.15) is 18.2 Å². The molecule has 11 heteroatoms. The lowest BCUT2D eigenvalue weighted by Gasteiger charge is -2.23. The maximum absolute atomic E-state index is 14.0. The Bertz CT molecular complexity index is 1400. The van der Waals surface area contributed by atoms with E-state index in [0.717, 1.165) is 44.5 Å². The molecule has 1 aliphatic rings. The van der Waals surface area contributed by atoms with Crippen molar-refractivity contribution in [2.45, 2.75) is 38.5 Å². The number of benzene rings is 2. The number of anilines is 1. The van der Waals surface area contributed by atoms with E-state index in [1.165, 1.54) is 12.1 Å². The van der Waals surface area contributed by atoms with Gasteiger partial charge in [-0.3, -0.25) is 0 Å². The van der Waals surface area contributed by atoms with Crippen LogP contribution in [-0.4, -0.2) is 32.6 Å². The average Bonchev–Trinajstić information content (AvgIpc) is 3.24. The predicted molar refractivity (Wildman–Crippen MR) is 135 cm³/mol. The van der Waals surface area contributed by atoms with E-state index in [-0.39, 0.29) is 17.4 Å². The van der Waals surface area contributed by atoms with Gasteiger partial charge in [0.05, 0.1) is 16.8 Å². The van der Waals surface area contributed by atoms with Gasteiger partial charge in [-0.05, 0) is 62.5 Å². The van der Waals surface area contributed by atoms with Crippen molar-refractivity contribution in [1.29, 1.82) is 0 Å². The van der Waals surface area contributed by atoms with Crippen molar-refractivity contribution in [2.24, 2.45) is 5.92 Å². The zero-order valence-corrected chi connectivity index (χ0v) is 20.6. The number of hydrogen-bond donors (Lipinski definition) is 2. The van der Waals surface area contributed by atoms with Gasteiger partial charge in [-0.25, -0.2) is 14.4 Å². The molecule has 0 atom stereocenters. The van der Waals surface area contributed by atoms with Gasteiger partial charge in [0.2, 0.25) is 5.95 Å². The van der Waals surface area contributed by atoms with Crippen molar-refractivity contribution < 1.29 is 17.6 Å². The quantitative estimate of drug-likeness (QED) is 0.273. The molecule has 0 spiro atoms. The Morgan fingerprint density at radius 3 is 2.59 bits per heavy atom. The monoisotopic (exact) mass is 532 g/mol. The lowest BCUT2D eigenvalue weighted by atomic mass is 9.95. The SMILES string of the molecule is Fc1ccccc1CNc1ncc2nc(-c3ccc(C(F)(F)F)cc3Cl)n(CCC3CCNCC3)c2n1. The normalized spacial score (nSPS) is 14.8. The molecule has 2 N–H and O–H groups in total. The zero-order chi connectivity index (χ0) is 26.0. The van der Waals surface area contributed by atoms with Crippen molar-refractivity contribution in [2.75, 3.05) is 18.4 Å².